The van der Waals surface area contributed by atoms with Gasteiger partial charge in [0.2, 0.25) is 0 Å². The molecule has 1 fully saturated rings. The second-order valence-electron chi connectivity index (χ2n) is 7.55. The van der Waals surface area contributed by atoms with Crippen LogP contribution in [-0.2, 0) is 9.59 Å². The molecule has 0 radical (unpaired) electrons. The van der Waals surface area contributed by atoms with E-state index in [0.29, 0.717) is 26.8 Å². The lowest BCUT2D eigenvalue weighted by molar-refractivity contribution is -0.132. The monoisotopic (exact) mass is 495 g/mol. The lowest BCUT2D eigenvalue weighted by atomic mass is 9.95. The van der Waals surface area contributed by atoms with Gasteiger partial charge in [-0.25, -0.2) is 4.98 Å². The van der Waals surface area contributed by atoms with Gasteiger partial charge in [-0.05, 0) is 54.4 Å². The number of aromatic nitrogens is 2. The number of fused-ring (bicyclic) bond motifs is 1. The first-order valence-electron chi connectivity index (χ1n) is 9.88. The van der Waals surface area contributed by atoms with Gasteiger partial charge in [0.15, 0.2) is 5.13 Å². The van der Waals surface area contributed by atoms with Gasteiger partial charge in [0, 0.05) is 18.0 Å². The zero-order valence-electron chi connectivity index (χ0n) is 17.1. The van der Waals surface area contributed by atoms with E-state index in [4.69, 9.17) is 23.2 Å². The van der Waals surface area contributed by atoms with Crippen molar-refractivity contribution in [1.29, 1.82) is 0 Å². The summed E-state index contributed by atoms with van der Waals surface area (Å²) in [5.74, 6) is -1.89. The van der Waals surface area contributed by atoms with Crippen LogP contribution in [0.4, 0.5) is 5.13 Å². The Morgan fingerprint density at radius 1 is 1.03 bits per heavy atom. The summed E-state index contributed by atoms with van der Waals surface area (Å²) in [6.07, 6.45) is 2.99. The molecular weight excluding hydrogens is 481 g/mol. The number of carbonyl (C=O) groups is 2. The third kappa shape index (κ3) is 3.68. The van der Waals surface area contributed by atoms with Crippen molar-refractivity contribution in [2.75, 3.05) is 4.90 Å². The van der Waals surface area contributed by atoms with Crippen molar-refractivity contribution in [3.63, 3.8) is 0 Å². The summed E-state index contributed by atoms with van der Waals surface area (Å²) in [4.78, 5) is 36.3. The minimum atomic E-state index is -0.936. The standard InChI is InChI=1S/C24H15Cl2N3O3S/c1-12-2-5-17-18(10-12)33-24(28-17)29-20(14-3-4-15(25)16(26)11-14)19(22(31)23(29)32)21(30)13-6-8-27-9-7-13/h2-11,20,30H,1H3/b21-19+. The second kappa shape index (κ2) is 8.26. The Morgan fingerprint density at radius 3 is 2.52 bits per heavy atom. The predicted molar refractivity (Wildman–Crippen MR) is 130 cm³/mol. The van der Waals surface area contributed by atoms with Crippen LogP contribution in [0.15, 0.2) is 66.5 Å². The molecule has 1 amide bonds. The summed E-state index contributed by atoms with van der Waals surface area (Å²) in [7, 11) is 0. The molecule has 1 N–H and O–H groups in total. The van der Waals surface area contributed by atoms with Gasteiger partial charge in [0.25, 0.3) is 5.78 Å². The number of hydrogen-bond donors (Lipinski definition) is 1. The number of aliphatic hydroxyl groups is 1. The highest BCUT2D eigenvalue weighted by atomic mass is 35.5. The van der Waals surface area contributed by atoms with Gasteiger partial charge in [0.05, 0.1) is 31.9 Å². The molecular formula is C24H15Cl2N3O3S. The van der Waals surface area contributed by atoms with Crippen molar-refractivity contribution in [2.45, 2.75) is 13.0 Å². The molecule has 0 spiro atoms. The lowest BCUT2D eigenvalue weighted by Crippen LogP contribution is -2.29. The molecule has 0 saturated carbocycles. The Labute approximate surface area is 202 Å². The van der Waals surface area contributed by atoms with E-state index in [9.17, 15) is 14.7 Å². The second-order valence-corrected chi connectivity index (χ2v) is 9.37. The molecule has 5 rings (SSSR count). The average molecular weight is 496 g/mol. The molecule has 0 aliphatic carbocycles. The summed E-state index contributed by atoms with van der Waals surface area (Å²) < 4.78 is 0.883. The van der Waals surface area contributed by atoms with E-state index in [-0.39, 0.29) is 16.4 Å². The van der Waals surface area contributed by atoms with Crippen molar-refractivity contribution in [1.82, 2.24) is 9.97 Å². The van der Waals surface area contributed by atoms with Crippen molar-refractivity contribution < 1.29 is 14.7 Å². The van der Waals surface area contributed by atoms with Gasteiger partial charge in [-0.2, -0.15) is 0 Å². The molecule has 33 heavy (non-hydrogen) atoms. The van der Waals surface area contributed by atoms with E-state index >= 15 is 0 Å². The van der Waals surface area contributed by atoms with Crippen LogP contribution in [0.25, 0.3) is 16.0 Å². The zero-order valence-corrected chi connectivity index (χ0v) is 19.4. The lowest BCUT2D eigenvalue weighted by Gasteiger charge is -2.23. The third-order valence-electron chi connectivity index (χ3n) is 5.40. The number of aliphatic hydroxyl groups excluding tert-OH is 1. The van der Waals surface area contributed by atoms with Gasteiger partial charge in [0.1, 0.15) is 5.76 Å². The molecule has 2 aromatic carbocycles. The number of Topliss-reactive ketones (excluding diaryl/α,β-unsaturated/α-hetero) is 1. The molecule has 1 saturated heterocycles. The highest BCUT2D eigenvalue weighted by molar-refractivity contribution is 7.22. The maximum atomic E-state index is 13.3. The van der Waals surface area contributed by atoms with E-state index < -0.39 is 17.7 Å². The van der Waals surface area contributed by atoms with Crippen molar-refractivity contribution in [2.24, 2.45) is 0 Å². The minimum Gasteiger partial charge on any atom is -0.507 e. The van der Waals surface area contributed by atoms with Crippen LogP contribution in [-0.4, -0.2) is 26.8 Å². The summed E-state index contributed by atoms with van der Waals surface area (Å²) in [6.45, 7) is 1.97. The van der Waals surface area contributed by atoms with Crippen LogP contribution in [0.1, 0.15) is 22.7 Å². The van der Waals surface area contributed by atoms with E-state index in [1.807, 2.05) is 25.1 Å². The van der Waals surface area contributed by atoms with E-state index in [1.165, 1.54) is 28.6 Å². The number of hydrogen-bond acceptors (Lipinski definition) is 6. The van der Waals surface area contributed by atoms with Crippen molar-refractivity contribution >= 4 is 67.3 Å². The van der Waals surface area contributed by atoms with Crippen LogP contribution >= 0.6 is 34.5 Å². The SMILES string of the molecule is Cc1ccc2nc(N3C(=O)C(=O)/C(=C(/O)c4ccncc4)C3c3ccc(Cl)c(Cl)c3)sc2c1. The molecule has 1 atom stereocenters. The van der Waals surface area contributed by atoms with Crippen LogP contribution in [0.3, 0.4) is 0 Å². The maximum absolute atomic E-state index is 13.3. The topological polar surface area (TPSA) is 83.4 Å². The molecule has 1 aliphatic heterocycles. The van der Waals surface area contributed by atoms with Crippen molar-refractivity contribution in [3.8, 4) is 0 Å². The number of benzene rings is 2. The molecule has 4 aromatic rings. The summed E-state index contributed by atoms with van der Waals surface area (Å²) in [6, 6.07) is 12.8. The van der Waals surface area contributed by atoms with Crippen LogP contribution < -0.4 is 4.90 Å². The number of pyridine rings is 1. The summed E-state index contributed by atoms with van der Waals surface area (Å²) in [5, 5.41) is 12.0. The van der Waals surface area contributed by atoms with E-state index in [1.54, 1.807) is 30.3 Å². The fraction of sp³-hybridized carbons (Fsp3) is 0.0833. The number of aryl methyl sites for hydroxylation is 1. The highest BCUT2D eigenvalue weighted by Gasteiger charge is 2.48. The Hall–Kier alpha value is -3.26. The number of carbonyl (C=O) groups excluding carboxylic acids is 2. The van der Waals surface area contributed by atoms with Gasteiger partial charge in [-0.15, -0.1) is 0 Å². The Bertz CT molecular complexity index is 1470. The average Bonchev–Trinajstić information content (AvgIpc) is 3.33. The number of ketones is 1. The van der Waals surface area contributed by atoms with Gasteiger partial charge < -0.3 is 5.11 Å². The van der Waals surface area contributed by atoms with Crippen LogP contribution in [0.5, 0.6) is 0 Å². The maximum Gasteiger partial charge on any atom is 0.301 e. The Kier molecular flexibility index (Phi) is 5.40. The highest BCUT2D eigenvalue weighted by Crippen LogP contribution is 2.45. The molecule has 1 unspecified atom stereocenters. The fourth-order valence-corrected chi connectivity index (χ4v) is 5.21. The fourth-order valence-electron chi connectivity index (χ4n) is 3.82. The normalized spacial score (nSPS) is 17.8. The van der Waals surface area contributed by atoms with Crippen molar-refractivity contribution in [3.05, 3.63) is 93.2 Å². The van der Waals surface area contributed by atoms with Crippen LogP contribution in [0, 0.1) is 6.92 Å². The molecule has 0 bridgehead atoms. The predicted octanol–water partition coefficient (Wildman–Crippen LogP) is 5.93. The Balaban J connectivity index is 1.75. The smallest absolute Gasteiger partial charge is 0.301 e. The molecule has 3 heterocycles. The number of nitrogens with zero attached hydrogens (tertiary/aromatic N) is 3. The first kappa shape index (κ1) is 21.6. The zero-order chi connectivity index (χ0) is 23.3. The van der Waals surface area contributed by atoms with E-state index in [0.717, 1.165) is 10.3 Å². The number of anilines is 1. The van der Waals surface area contributed by atoms with E-state index in [2.05, 4.69) is 9.97 Å². The largest absolute Gasteiger partial charge is 0.507 e. The minimum absolute atomic E-state index is 0.0555. The Morgan fingerprint density at radius 2 is 1.79 bits per heavy atom. The molecule has 9 heteroatoms. The molecule has 164 valence electrons. The van der Waals surface area contributed by atoms with Gasteiger partial charge >= 0.3 is 5.91 Å². The summed E-state index contributed by atoms with van der Waals surface area (Å²) in [5.41, 5.74) is 2.60. The molecule has 1 aliphatic rings. The number of rotatable bonds is 3. The third-order valence-corrected chi connectivity index (χ3v) is 7.15. The number of thiazole rings is 1. The number of amides is 1. The van der Waals surface area contributed by atoms with Crippen LogP contribution in [0.2, 0.25) is 10.0 Å². The first-order valence-corrected chi connectivity index (χ1v) is 11.5. The quantitative estimate of drug-likeness (QED) is 0.216. The molecule has 2 aromatic heterocycles. The number of halogens is 2. The summed E-state index contributed by atoms with van der Waals surface area (Å²) >= 11 is 13.7. The van der Waals surface area contributed by atoms with Gasteiger partial charge in [-0.1, -0.05) is 46.7 Å². The first-order chi connectivity index (χ1) is 15.8. The molecule has 6 nitrogen and oxygen atoms in total. The van der Waals surface area contributed by atoms with Gasteiger partial charge in [-0.3, -0.25) is 19.5 Å².